The Bertz CT molecular complexity index is 669. The van der Waals surface area contributed by atoms with Gasteiger partial charge in [0.1, 0.15) is 10.8 Å². The number of ether oxygens (including phenoxy) is 1. The topological polar surface area (TPSA) is 49.9 Å². The highest BCUT2D eigenvalue weighted by atomic mass is 35.5. The smallest absolute Gasteiger partial charge is 0.225 e. The van der Waals surface area contributed by atoms with Gasteiger partial charge in [0.2, 0.25) is 11.8 Å². The summed E-state index contributed by atoms with van der Waals surface area (Å²) in [5.41, 5.74) is 0. The van der Waals surface area contributed by atoms with Gasteiger partial charge in [-0.1, -0.05) is 42.1 Å². The number of benzene rings is 1. The lowest BCUT2D eigenvalue weighted by Gasteiger charge is -2.36. The molecule has 1 aliphatic heterocycles. The number of halogens is 2. The Kier molecular flexibility index (Phi) is 7.25. The van der Waals surface area contributed by atoms with Gasteiger partial charge in [-0.05, 0) is 31.4 Å². The second-order valence-electron chi connectivity index (χ2n) is 7.19. The maximum atomic E-state index is 12.5. The maximum Gasteiger partial charge on any atom is 0.225 e. The summed E-state index contributed by atoms with van der Waals surface area (Å²) in [7, 11) is 0. The number of hydrogen-bond acceptors (Lipinski definition) is 3. The summed E-state index contributed by atoms with van der Waals surface area (Å²) in [4.78, 5) is 28.6. The number of rotatable bonds is 6. The highest BCUT2D eigenvalue weighted by molar-refractivity contribution is 6.42. The maximum absolute atomic E-state index is 12.5. The van der Waals surface area contributed by atoms with Gasteiger partial charge in [-0.25, -0.2) is 0 Å². The van der Waals surface area contributed by atoms with Crippen molar-refractivity contribution in [3.05, 3.63) is 28.2 Å². The van der Waals surface area contributed by atoms with Crippen LogP contribution >= 0.6 is 23.2 Å². The fourth-order valence-electron chi connectivity index (χ4n) is 3.77. The van der Waals surface area contributed by atoms with Gasteiger partial charge < -0.3 is 14.5 Å². The van der Waals surface area contributed by atoms with E-state index in [4.69, 9.17) is 27.9 Å². The lowest BCUT2D eigenvalue weighted by atomic mass is 10.1. The molecule has 27 heavy (non-hydrogen) atoms. The van der Waals surface area contributed by atoms with Crippen LogP contribution in [0.4, 0.5) is 0 Å². The Balaban J connectivity index is 1.36. The average molecular weight is 413 g/mol. The van der Waals surface area contributed by atoms with Crippen LogP contribution in [0.5, 0.6) is 5.75 Å². The minimum atomic E-state index is 0.115. The molecule has 1 saturated carbocycles. The molecule has 1 aromatic rings. The van der Waals surface area contributed by atoms with Crippen molar-refractivity contribution in [3.63, 3.8) is 0 Å². The minimum absolute atomic E-state index is 0.115. The Morgan fingerprint density at radius 3 is 2.41 bits per heavy atom. The molecule has 0 aromatic heterocycles. The Hall–Kier alpha value is -1.46. The molecule has 0 unspecified atom stereocenters. The van der Waals surface area contributed by atoms with Gasteiger partial charge in [-0.15, -0.1) is 0 Å². The Morgan fingerprint density at radius 1 is 1.04 bits per heavy atom. The van der Waals surface area contributed by atoms with Crippen molar-refractivity contribution in [2.75, 3.05) is 32.8 Å². The molecule has 1 heterocycles. The molecule has 148 valence electrons. The van der Waals surface area contributed by atoms with Gasteiger partial charge in [0.15, 0.2) is 0 Å². The van der Waals surface area contributed by atoms with E-state index in [1.165, 1.54) is 0 Å². The van der Waals surface area contributed by atoms with Crippen LogP contribution in [0.15, 0.2) is 18.2 Å². The molecule has 7 heteroatoms. The van der Waals surface area contributed by atoms with Crippen LogP contribution in [-0.2, 0) is 9.59 Å². The first-order chi connectivity index (χ1) is 13.1. The third-order valence-electron chi connectivity index (χ3n) is 5.36. The van der Waals surface area contributed by atoms with Gasteiger partial charge in [0.05, 0.1) is 11.6 Å². The van der Waals surface area contributed by atoms with Crippen LogP contribution in [0.1, 0.15) is 38.5 Å². The molecule has 0 atom stereocenters. The van der Waals surface area contributed by atoms with Crippen LogP contribution in [0, 0.1) is 5.92 Å². The molecule has 0 N–H and O–H groups in total. The third kappa shape index (κ3) is 5.29. The summed E-state index contributed by atoms with van der Waals surface area (Å²) < 4.78 is 5.62. The molecule has 1 saturated heterocycles. The van der Waals surface area contributed by atoms with Crippen molar-refractivity contribution in [1.82, 2.24) is 9.80 Å². The first-order valence-corrected chi connectivity index (χ1v) is 10.4. The van der Waals surface area contributed by atoms with E-state index in [0.717, 1.165) is 25.7 Å². The highest BCUT2D eigenvalue weighted by Gasteiger charge is 2.30. The van der Waals surface area contributed by atoms with Crippen LogP contribution in [0.25, 0.3) is 0 Å². The quantitative estimate of drug-likeness (QED) is 0.663. The van der Waals surface area contributed by atoms with Crippen LogP contribution in [0.3, 0.4) is 0 Å². The molecule has 2 aliphatic rings. The minimum Gasteiger partial charge on any atom is -0.492 e. The lowest BCUT2D eigenvalue weighted by molar-refractivity contribution is -0.142. The monoisotopic (exact) mass is 412 g/mol. The van der Waals surface area contributed by atoms with E-state index in [9.17, 15) is 9.59 Å². The van der Waals surface area contributed by atoms with E-state index in [1.807, 2.05) is 9.80 Å². The van der Waals surface area contributed by atoms with Gasteiger partial charge in [0, 0.05) is 38.5 Å². The van der Waals surface area contributed by atoms with Gasteiger partial charge in [-0.3, -0.25) is 9.59 Å². The first kappa shape index (κ1) is 20.3. The summed E-state index contributed by atoms with van der Waals surface area (Å²) in [6.45, 7) is 2.95. The average Bonchev–Trinajstić information content (AvgIpc) is 3.22. The van der Waals surface area contributed by atoms with Gasteiger partial charge in [-0.2, -0.15) is 0 Å². The fraction of sp³-hybridized carbons (Fsp3) is 0.600. The van der Waals surface area contributed by atoms with E-state index in [0.29, 0.717) is 61.4 Å². The van der Waals surface area contributed by atoms with E-state index in [1.54, 1.807) is 18.2 Å². The van der Waals surface area contributed by atoms with E-state index >= 15 is 0 Å². The van der Waals surface area contributed by atoms with Gasteiger partial charge >= 0.3 is 0 Å². The van der Waals surface area contributed by atoms with E-state index in [-0.39, 0.29) is 17.7 Å². The van der Waals surface area contributed by atoms with Crippen molar-refractivity contribution < 1.29 is 14.3 Å². The highest BCUT2D eigenvalue weighted by Crippen LogP contribution is 2.31. The normalized spacial score (nSPS) is 18.0. The predicted octanol–water partition coefficient (Wildman–Crippen LogP) is 4.01. The number of nitrogens with zero attached hydrogens (tertiary/aromatic N) is 2. The summed E-state index contributed by atoms with van der Waals surface area (Å²) >= 11 is 12.0. The van der Waals surface area contributed by atoms with Crippen molar-refractivity contribution in [1.29, 1.82) is 0 Å². The third-order valence-corrected chi connectivity index (χ3v) is 6.16. The van der Waals surface area contributed by atoms with Crippen molar-refractivity contribution >= 4 is 35.0 Å². The first-order valence-electron chi connectivity index (χ1n) is 9.69. The van der Waals surface area contributed by atoms with Crippen molar-refractivity contribution in [3.8, 4) is 5.75 Å². The Labute approximate surface area is 170 Å². The van der Waals surface area contributed by atoms with E-state index in [2.05, 4.69) is 0 Å². The van der Waals surface area contributed by atoms with Crippen LogP contribution in [-0.4, -0.2) is 54.4 Å². The molecular weight excluding hydrogens is 387 g/mol. The zero-order chi connectivity index (χ0) is 19.2. The van der Waals surface area contributed by atoms with Crippen molar-refractivity contribution in [2.24, 2.45) is 5.92 Å². The molecule has 1 aromatic carbocycles. The van der Waals surface area contributed by atoms with Crippen molar-refractivity contribution in [2.45, 2.75) is 38.5 Å². The zero-order valence-corrected chi connectivity index (χ0v) is 17.0. The number of carbonyl (C=O) groups is 2. The standard InChI is InChI=1S/C20H26Cl2N2O3/c21-16-7-3-8-17(19(16)22)27-14-4-9-18(25)23-10-12-24(13-11-23)20(26)15-5-1-2-6-15/h3,7-8,15H,1-2,4-6,9-14H2. The summed E-state index contributed by atoms with van der Waals surface area (Å²) in [5, 5.41) is 0.851. The molecule has 0 spiro atoms. The predicted molar refractivity (Wildman–Crippen MR) is 106 cm³/mol. The lowest BCUT2D eigenvalue weighted by Crippen LogP contribution is -2.51. The number of piperazine rings is 1. The SMILES string of the molecule is O=C(CCCOc1cccc(Cl)c1Cl)N1CCN(C(=O)C2CCCC2)CC1. The zero-order valence-electron chi connectivity index (χ0n) is 15.5. The molecule has 3 rings (SSSR count). The molecule has 0 bridgehead atoms. The Morgan fingerprint density at radius 2 is 1.70 bits per heavy atom. The molecule has 5 nitrogen and oxygen atoms in total. The largest absolute Gasteiger partial charge is 0.492 e. The molecular formula is C20H26Cl2N2O3. The molecule has 0 radical (unpaired) electrons. The molecule has 2 fully saturated rings. The number of hydrogen-bond donors (Lipinski definition) is 0. The van der Waals surface area contributed by atoms with Gasteiger partial charge in [0.25, 0.3) is 0 Å². The summed E-state index contributed by atoms with van der Waals surface area (Å²) in [5.74, 6) is 1.15. The van der Waals surface area contributed by atoms with E-state index < -0.39 is 0 Å². The number of carbonyl (C=O) groups excluding carboxylic acids is 2. The molecule has 1 aliphatic carbocycles. The van der Waals surface area contributed by atoms with Crippen LogP contribution < -0.4 is 4.74 Å². The second kappa shape index (κ2) is 9.65. The molecule has 2 amide bonds. The second-order valence-corrected chi connectivity index (χ2v) is 7.98. The fourth-order valence-corrected chi connectivity index (χ4v) is 4.11. The van der Waals surface area contributed by atoms with Crippen LogP contribution in [0.2, 0.25) is 10.0 Å². The summed E-state index contributed by atoms with van der Waals surface area (Å²) in [6, 6.07) is 5.25. The summed E-state index contributed by atoms with van der Waals surface area (Å²) in [6.07, 6.45) is 5.41. The number of amides is 2.